The van der Waals surface area contributed by atoms with Gasteiger partial charge in [-0.1, -0.05) is 11.6 Å². The molecule has 0 atom stereocenters. The Morgan fingerprint density at radius 2 is 2.20 bits per heavy atom. The van der Waals surface area contributed by atoms with Crippen molar-refractivity contribution in [2.45, 2.75) is 32.9 Å². The van der Waals surface area contributed by atoms with Crippen LogP contribution in [-0.4, -0.2) is 22.1 Å². The van der Waals surface area contributed by atoms with Gasteiger partial charge in [0, 0.05) is 25.2 Å². The van der Waals surface area contributed by atoms with E-state index < -0.39 is 0 Å². The number of anilines is 1. The van der Waals surface area contributed by atoms with E-state index in [-0.39, 0.29) is 10.8 Å². The highest BCUT2D eigenvalue weighted by molar-refractivity contribution is 6.29. The van der Waals surface area contributed by atoms with Gasteiger partial charge in [0.2, 0.25) is 0 Å². The van der Waals surface area contributed by atoms with Gasteiger partial charge in [-0.05, 0) is 20.3 Å². The van der Waals surface area contributed by atoms with Crippen LogP contribution in [0.4, 0.5) is 5.82 Å². The lowest BCUT2D eigenvalue weighted by atomic mass is 10.2. The van der Waals surface area contributed by atoms with Crippen molar-refractivity contribution in [3.8, 4) is 0 Å². The molecule has 1 aliphatic rings. The molecule has 2 heterocycles. The van der Waals surface area contributed by atoms with Crippen LogP contribution < -0.4 is 10.6 Å². The summed E-state index contributed by atoms with van der Waals surface area (Å²) < 4.78 is 1.69. The van der Waals surface area contributed by atoms with Crippen molar-refractivity contribution in [3.05, 3.63) is 21.7 Å². The van der Waals surface area contributed by atoms with Crippen molar-refractivity contribution in [1.29, 1.82) is 0 Å². The molecule has 0 spiro atoms. The first-order chi connectivity index (χ1) is 7.09. The lowest BCUT2D eigenvalue weighted by Gasteiger charge is -2.34. The molecule has 0 N–H and O–H groups in total. The van der Waals surface area contributed by atoms with Crippen molar-refractivity contribution in [3.63, 3.8) is 0 Å². The number of hydrogen-bond donors (Lipinski definition) is 0. The zero-order chi connectivity index (χ0) is 11.0. The van der Waals surface area contributed by atoms with Crippen molar-refractivity contribution >= 4 is 17.4 Å². The predicted molar refractivity (Wildman–Crippen MR) is 60.6 cm³/mol. The average molecular weight is 228 g/mol. The quantitative estimate of drug-likeness (QED) is 0.683. The van der Waals surface area contributed by atoms with Gasteiger partial charge in [0.25, 0.3) is 0 Å². The minimum atomic E-state index is -0.247. The number of aromatic nitrogens is 2. The Balaban J connectivity index is 2.55. The molecule has 5 heteroatoms. The number of nitrogens with zero attached hydrogens (tertiary/aromatic N) is 3. The van der Waals surface area contributed by atoms with Crippen LogP contribution in [0.2, 0.25) is 5.15 Å². The van der Waals surface area contributed by atoms with Crippen LogP contribution in [0.1, 0.15) is 20.3 Å². The van der Waals surface area contributed by atoms with Gasteiger partial charge in [-0.3, -0.25) is 4.57 Å². The summed E-state index contributed by atoms with van der Waals surface area (Å²) in [7, 11) is 0. The predicted octanol–water partition coefficient (Wildman–Crippen LogP) is 1.52. The van der Waals surface area contributed by atoms with Crippen molar-refractivity contribution in [2.75, 3.05) is 11.4 Å². The molecule has 1 aromatic rings. The summed E-state index contributed by atoms with van der Waals surface area (Å²) in [6, 6.07) is 2.14. The molecule has 0 aromatic carbocycles. The first-order valence-corrected chi connectivity index (χ1v) is 5.51. The van der Waals surface area contributed by atoms with E-state index in [4.69, 9.17) is 11.6 Å². The van der Waals surface area contributed by atoms with E-state index in [0.29, 0.717) is 6.04 Å². The number of rotatable bonds is 1. The minimum absolute atomic E-state index is 0.247. The van der Waals surface area contributed by atoms with Crippen molar-refractivity contribution in [2.24, 2.45) is 0 Å². The maximum absolute atomic E-state index is 11.6. The molecule has 0 saturated carbocycles. The Hall–Kier alpha value is -1.03. The smallest absolute Gasteiger partial charge is 0.350 e. The summed E-state index contributed by atoms with van der Waals surface area (Å²) in [5.41, 5.74) is -0.247. The third kappa shape index (κ3) is 1.86. The minimum Gasteiger partial charge on any atom is -0.355 e. The van der Waals surface area contributed by atoms with Gasteiger partial charge in [0.1, 0.15) is 11.0 Å². The molecule has 0 unspecified atom stereocenters. The molecule has 0 bridgehead atoms. The summed E-state index contributed by atoms with van der Waals surface area (Å²) in [5, 5.41) is 0.277. The summed E-state index contributed by atoms with van der Waals surface area (Å²) in [6.45, 7) is 5.92. The molecule has 1 aromatic heterocycles. The van der Waals surface area contributed by atoms with E-state index >= 15 is 0 Å². The first kappa shape index (κ1) is 10.5. The van der Waals surface area contributed by atoms with Crippen LogP contribution in [0.5, 0.6) is 0 Å². The highest BCUT2D eigenvalue weighted by atomic mass is 35.5. The summed E-state index contributed by atoms with van der Waals surface area (Å²) in [6.07, 6.45) is 0.981. The maximum atomic E-state index is 11.6. The van der Waals surface area contributed by atoms with Gasteiger partial charge in [-0.2, -0.15) is 4.98 Å². The number of halogens is 1. The largest absolute Gasteiger partial charge is 0.355 e. The van der Waals surface area contributed by atoms with Crippen LogP contribution in [-0.2, 0) is 6.54 Å². The van der Waals surface area contributed by atoms with Crippen LogP contribution in [0.15, 0.2) is 10.9 Å². The molecule has 0 saturated heterocycles. The Labute approximate surface area is 93.5 Å². The SMILES string of the molecule is CC(C)N1CCCn2c1cc(Cl)nc2=O. The highest BCUT2D eigenvalue weighted by Gasteiger charge is 2.20. The standard InChI is InChI=1S/C10H14ClN3O/c1-7(2)13-4-3-5-14-9(13)6-8(11)12-10(14)15/h6-7H,3-5H2,1-2H3. The second kappa shape index (κ2) is 3.85. The van der Waals surface area contributed by atoms with E-state index in [2.05, 4.69) is 23.7 Å². The third-order valence-electron chi connectivity index (χ3n) is 2.66. The van der Waals surface area contributed by atoms with Gasteiger partial charge in [-0.25, -0.2) is 4.79 Å². The first-order valence-electron chi connectivity index (χ1n) is 5.13. The summed E-state index contributed by atoms with van der Waals surface area (Å²) in [5.74, 6) is 0.890. The Bertz CT molecular complexity index is 427. The van der Waals surface area contributed by atoms with Gasteiger partial charge < -0.3 is 4.90 Å². The second-order valence-electron chi connectivity index (χ2n) is 4.01. The molecular weight excluding hydrogens is 214 g/mol. The topological polar surface area (TPSA) is 38.1 Å². The monoisotopic (exact) mass is 227 g/mol. The molecule has 0 aliphatic carbocycles. The van der Waals surface area contributed by atoms with Crippen molar-refractivity contribution < 1.29 is 0 Å². The second-order valence-corrected chi connectivity index (χ2v) is 4.40. The van der Waals surface area contributed by atoms with Crippen LogP contribution in [0, 0.1) is 0 Å². The zero-order valence-corrected chi connectivity index (χ0v) is 9.66. The summed E-state index contributed by atoms with van der Waals surface area (Å²) >= 11 is 5.80. The fraction of sp³-hybridized carbons (Fsp3) is 0.600. The lowest BCUT2D eigenvalue weighted by molar-refractivity contribution is 0.509. The molecule has 82 valence electrons. The molecule has 0 fully saturated rings. The zero-order valence-electron chi connectivity index (χ0n) is 8.90. The third-order valence-corrected chi connectivity index (χ3v) is 2.85. The van der Waals surface area contributed by atoms with E-state index in [1.54, 1.807) is 10.6 Å². The Morgan fingerprint density at radius 1 is 1.47 bits per heavy atom. The average Bonchev–Trinajstić information content (AvgIpc) is 2.16. The molecule has 4 nitrogen and oxygen atoms in total. The van der Waals surface area contributed by atoms with Gasteiger partial charge in [0.05, 0.1) is 0 Å². The molecule has 2 rings (SSSR count). The fourth-order valence-corrected chi connectivity index (χ4v) is 2.12. The lowest BCUT2D eigenvalue weighted by Crippen LogP contribution is -2.42. The normalized spacial score (nSPS) is 15.6. The van der Waals surface area contributed by atoms with Crippen LogP contribution >= 0.6 is 11.6 Å². The number of hydrogen-bond acceptors (Lipinski definition) is 3. The highest BCUT2D eigenvalue weighted by Crippen LogP contribution is 2.22. The van der Waals surface area contributed by atoms with E-state index in [1.807, 2.05) is 0 Å². The van der Waals surface area contributed by atoms with Gasteiger partial charge >= 0.3 is 5.69 Å². The fourth-order valence-electron chi connectivity index (χ4n) is 1.95. The summed E-state index contributed by atoms with van der Waals surface area (Å²) in [4.78, 5) is 17.5. The molecule has 0 radical (unpaired) electrons. The van der Waals surface area contributed by atoms with E-state index in [0.717, 1.165) is 25.3 Å². The van der Waals surface area contributed by atoms with Gasteiger partial charge in [-0.15, -0.1) is 0 Å². The number of fused-ring (bicyclic) bond motifs is 1. The van der Waals surface area contributed by atoms with Crippen molar-refractivity contribution in [1.82, 2.24) is 9.55 Å². The van der Waals surface area contributed by atoms with E-state index in [1.165, 1.54) is 0 Å². The Kier molecular flexibility index (Phi) is 2.69. The molecule has 0 amide bonds. The van der Waals surface area contributed by atoms with Gasteiger partial charge in [0.15, 0.2) is 0 Å². The maximum Gasteiger partial charge on any atom is 0.350 e. The van der Waals surface area contributed by atoms with E-state index in [9.17, 15) is 4.79 Å². The van der Waals surface area contributed by atoms with Crippen LogP contribution in [0.3, 0.4) is 0 Å². The molecule has 1 aliphatic heterocycles. The molecular formula is C10H14ClN3O. The molecule has 15 heavy (non-hydrogen) atoms. The van der Waals surface area contributed by atoms with Crippen LogP contribution in [0.25, 0.3) is 0 Å². The Morgan fingerprint density at radius 3 is 2.87 bits per heavy atom.